The van der Waals surface area contributed by atoms with E-state index in [1.165, 1.54) is 29.2 Å². The molecule has 128 valence electrons. The summed E-state index contributed by atoms with van der Waals surface area (Å²) in [6.07, 6.45) is 1.68. The maximum atomic E-state index is 12.6. The molecule has 2 aromatic rings. The lowest BCUT2D eigenvalue weighted by Crippen LogP contribution is -2.28. The third-order valence-electron chi connectivity index (χ3n) is 3.41. The lowest BCUT2D eigenvalue weighted by molar-refractivity contribution is -0.113. The van der Waals surface area contributed by atoms with Crippen molar-refractivity contribution in [2.45, 2.75) is 4.90 Å². The molecule has 9 heteroatoms. The minimum atomic E-state index is -3.81. The summed E-state index contributed by atoms with van der Waals surface area (Å²) in [6.45, 7) is 0. The zero-order valence-corrected chi connectivity index (χ0v) is 15.0. The first kappa shape index (κ1) is 17.7. The highest BCUT2D eigenvalue weighted by Gasteiger charge is 2.33. The van der Waals surface area contributed by atoms with Gasteiger partial charge >= 0.3 is 0 Å². The highest BCUT2D eigenvalue weighted by Crippen LogP contribution is 2.35. The maximum absolute atomic E-state index is 12.6. The molecule has 2 aromatic carbocycles. The van der Waals surface area contributed by atoms with E-state index in [4.69, 9.17) is 22.1 Å². The van der Waals surface area contributed by atoms with Crippen LogP contribution in [0.4, 0.5) is 5.69 Å². The first-order valence-corrected chi connectivity index (χ1v) is 9.71. The zero-order valence-electron chi connectivity index (χ0n) is 12.6. The van der Waals surface area contributed by atoms with E-state index in [-0.39, 0.29) is 16.0 Å². The average Bonchev–Trinajstić information content (AvgIpc) is 2.83. The van der Waals surface area contributed by atoms with Crippen LogP contribution >= 0.6 is 23.4 Å². The molecule has 0 saturated carbocycles. The molecular formula is C16H12ClN3O3S2. The Hall–Kier alpha value is -2.13. The van der Waals surface area contributed by atoms with Gasteiger partial charge in [0, 0.05) is 5.02 Å². The molecule has 1 heterocycles. The van der Waals surface area contributed by atoms with Crippen LogP contribution in [0.25, 0.3) is 6.08 Å². The van der Waals surface area contributed by atoms with Crippen LogP contribution in [0.3, 0.4) is 0 Å². The number of carbonyl (C=O) groups excluding carboxylic acids is 1. The van der Waals surface area contributed by atoms with Crippen LogP contribution < -0.4 is 10.0 Å². The van der Waals surface area contributed by atoms with Gasteiger partial charge in [0.05, 0.1) is 15.5 Å². The van der Waals surface area contributed by atoms with Gasteiger partial charge in [-0.15, -0.1) is 0 Å². The van der Waals surface area contributed by atoms with Crippen molar-refractivity contribution in [3.63, 3.8) is 0 Å². The van der Waals surface area contributed by atoms with E-state index in [0.29, 0.717) is 15.6 Å². The predicted molar refractivity (Wildman–Crippen MR) is 100 cm³/mol. The van der Waals surface area contributed by atoms with E-state index in [9.17, 15) is 13.2 Å². The fourth-order valence-corrected chi connectivity index (χ4v) is 3.72. The summed E-state index contributed by atoms with van der Waals surface area (Å²) in [5, 5.41) is 13.7. The summed E-state index contributed by atoms with van der Waals surface area (Å²) < 4.78 is 22.6. The average molecular weight is 394 g/mol. The fraction of sp³-hybridized carbons (Fsp3) is 0. The van der Waals surface area contributed by atoms with Crippen molar-refractivity contribution in [3.8, 4) is 0 Å². The van der Waals surface area contributed by atoms with Crippen LogP contribution in [0, 0.1) is 5.41 Å². The monoisotopic (exact) mass is 393 g/mol. The van der Waals surface area contributed by atoms with Crippen molar-refractivity contribution in [1.29, 1.82) is 5.41 Å². The Bertz CT molecular complexity index is 984. The molecule has 0 unspecified atom stereocenters. The van der Waals surface area contributed by atoms with Gasteiger partial charge in [-0.2, -0.15) is 0 Å². The van der Waals surface area contributed by atoms with Crippen LogP contribution in [-0.2, 0) is 14.8 Å². The molecule has 1 saturated heterocycles. The second kappa shape index (κ2) is 6.64. The van der Waals surface area contributed by atoms with Crippen molar-refractivity contribution in [1.82, 2.24) is 0 Å². The lowest BCUT2D eigenvalue weighted by atomic mass is 10.2. The number of rotatable bonds is 3. The van der Waals surface area contributed by atoms with Gasteiger partial charge in [-0.25, -0.2) is 13.6 Å². The molecule has 0 radical (unpaired) electrons. The first-order chi connectivity index (χ1) is 11.8. The molecule has 6 nitrogen and oxygen atoms in total. The van der Waals surface area contributed by atoms with Gasteiger partial charge in [0.25, 0.3) is 5.91 Å². The van der Waals surface area contributed by atoms with Crippen LogP contribution in [0.15, 0.2) is 58.3 Å². The highest BCUT2D eigenvalue weighted by molar-refractivity contribution is 8.19. The van der Waals surface area contributed by atoms with Gasteiger partial charge in [0.15, 0.2) is 5.17 Å². The Labute approximate surface area is 153 Å². The van der Waals surface area contributed by atoms with E-state index in [2.05, 4.69) is 0 Å². The van der Waals surface area contributed by atoms with E-state index in [1.54, 1.807) is 30.3 Å². The predicted octanol–water partition coefficient (Wildman–Crippen LogP) is 3.04. The zero-order chi connectivity index (χ0) is 18.2. The Morgan fingerprint density at radius 1 is 1.08 bits per heavy atom. The number of amidine groups is 1. The Balaban J connectivity index is 1.90. The molecule has 0 atom stereocenters. The Morgan fingerprint density at radius 3 is 2.24 bits per heavy atom. The molecular weight excluding hydrogens is 382 g/mol. The second-order valence-electron chi connectivity index (χ2n) is 5.15. The van der Waals surface area contributed by atoms with Crippen molar-refractivity contribution in [2.75, 3.05) is 4.90 Å². The van der Waals surface area contributed by atoms with Crippen molar-refractivity contribution in [2.24, 2.45) is 5.14 Å². The minimum absolute atomic E-state index is 0.0357. The Morgan fingerprint density at radius 2 is 1.68 bits per heavy atom. The number of sulfonamides is 1. The van der Waals surface area contributed by atoms with Crippen LogP contribution in [-0.4, -0.2) is 19.5 Å². The van der Waals surface area contributed by atoms with E-state index in [0.717, 1.165) is 17.3 Å². The molecule has 1 aliphatic heterocycles. The SMILES string of the molecule is N=C1SC(=Cc2ccc(Cl)cc2)C(=O)N1c1ccc(S(N)(=O)=O)cc1. The lowest BCUT2D eigenvalue weighted by Gasteiger charge is -2.14. The summed E-state index contributed by atoms with van der Waals surface area (Å²) in [6, 6.07) is 12.5. The van der Waals surface area contributed by atoms with Gasteiger partial charge in [-0.3, -0.25) is 15.1 Å². The summed E-state index contributed by atoms with van der Waals surface area (Å²) in [5.41, 5.74) is 1.19. The smallest absolute Gasteiger partial charge is 0.271 e. The fourth-order valence-electron chi connectivity index (χ4n) is 2.22. The van der Waals surface area contributed by atoms with Gasteiger partial charge in [0.1, 0.15) is 0 Å². The normalized spacial score (nSPS) is 16.7. The van der Waals surface area contributed by atoms with Gasteiger partial charge in [-0.05, 0) is 59.8 Å². The molecule has 0 aliphatic carbocycles. The number of thioether (sulfide) groups is 1. The van der Waals surface area contributed by atoms with Gasteiger partial charge in [-0.1, -0.05) is 23.7 Å². The number of benzene rings is 2. The van der Waals surface area contributed by atoms with Crippen LogP contribution in [0.5, 0.6) is 0 Å². The number of nitrogens with one attached hydrogen (secondary N) is 1. The van der Waals surface area contributed by atoms with Crippen LogP contribution in [0.1, 0.15) is 5.56 Å². The first-order valence-electron chi connectivity index (χ1n) is 6.97. The van der Waals surface area contributed by atoms with Crippen molar-refractivity contribution < 1.29 is 13.2 Å². The van der Waals surface area contributed by atoms with Gasteiger partial charge in [0.2, 0.25) is 10.0 Å². The number of hydrogen-bond donors (Lipinski definition) is 2. The Kier molecular flexibility index (Phi) is 4.70. The second-order valence-corrected chi connectivity index (χ2v) is 8.18. The highest BCUT2D eigenvalue weighted by atomic mass is 35.5. The molecule has 3 N–H and O–H groups in total. The number of carbonyl (C=O) groups is 1. The van der Waals surface area contributed by atoms with Crippen molar-refractivity contribution >= 4 is 56.2 Å². The largest absolute Gasteiger partial charge is 0.278 e. The summed E-state index contributed by atoms with van der Waals surface area (Å²) in [7, 11) is -3.81. The molecule has 0 aromatic heterocycles. The third-order valence-corrected chi connectivity index (χ3v) is 5.48. The van der Waals surface area contributed by atoms with E-state index in [1.807, 2.05) is 0 Å². The molecule has 3 rings (SSSR count). The quantitative estimate of drug-likeness (QED) is 0.782. The number of hydrogen-bond acceptors (Lipinski definition) is 5. The molecule has 1 amide bonds. The van der Waals surface area contributed by atoms with Gasteiger partial charge < -0.3 is 0 Å². The molecule has 1 fully saturated rings. The summed E-state index contributed by atoms with van der Waals surface area (Å²) >= 11 is 6.87. The maximum Gasteiger partial charge on any atom is 0.271 e. The summed E-state index contributed by atoms with van der Waals surface area (Å²) in [5.74, 6) is -0.353. The van der Waals surface area contributed by atoms with Crippen molar-refractivity contribution in [3.05, 3.63) is 64.0 Å². The third kappa shape index (κ3) is 3.77. The number of amides is 1. The standard InChI is InChI=1S/C16H12ClN3O3S2/c17-11-3-1-10(2-4-11)9-14-15(21)20(16(18)24-14)12-5-7-13(8-6-12)25(19,22)23/h1-9,18H,(H2,19,22,23). The molecule has 1 aliphatic rings. The number of anilines is 1. The van der Waals surface area contributed by atoms with Crippen LogP contribution in [0.2, 0.25) is 5.02 Å². The molecule has 0 bridgehead atoms. The van der Waals surface area contributed by atoms with E-state index < -0.39 is 10.0 Å². The number of nitrogens with two attached hydrogens (primary N) is 1. The number of halogens is 1. The summed E-state index contributed by atoms with van der Waals surface area (Å²) in [4.78, 5) is 14.1. The minimum Gasteiger partial charge on any atom is -0.278 e. The molecule has 25 heavy (non-hydrogen) atoms. The number of nitrogens with zero attached hydrogens (tertiary/aromatic N) is 1. The topological polar surface area (TPSA) is 104 Å². The van der Waals surface area contributed by atoms with E-state index >= 15 is 0 Å². The molecule has 0 spiro atoms. The number of primary sulfonamides is 1.